The number of fused-ring (bicyclic) bond motifs is 1. The number of rotatable bonds is 6. The monoisotopic (exact) mass is 340 g/mol. The minimum absolute atomic E-state index is 0.0919. The molecule has 2 N–H and O–H groups in total. The first-order valence-corrected chi connectivity index (χ1v) is 8.71. The summed E-state index contributed by atoms with van der Waals surface area (Å²) in [4.78, 5) is 12.5. The van der Waals surface area contributed by atoms with E-state index in [9.17, 15) is 4.79 Å². The van der Waals surface area contributed by atoms with Crippen molar-refractivity contribution in [3.05, 3.63) is 53.1 Å². The molecule has 0 unspecified atom stereocenters. The lowest BCUT2D eigenvalue weighted by Crippen LogP contribution is -2.39. The smallest absolute Gasteiger partial charge is 0.255 e. The lowest BCUT2D eigenvalue weighted by molar-refractivity contribution is 0.0935. The van der Waals surface area contributed by atoms with Gasteiger partial charge >= 0.3 is 0 Å². The van der Waals surface area contributed by atoms with Crippen molar-refractivity contribution in [3.63, 3.8) is 0 Å². The summed E-state index contributed by atoms with van der Waals surface area (Å²) in [5, 5.41) is 6.45. The first-order chi connectivity index (χ1) is 12.2. The van der Waals surface area contributed by atoms with Gasteiger partial charge in [-0.15, -0.1) is 0 Å². The Bertz CT molecular complexity index is 774. The molecule has 0 spiro atoms. The molecule has 0 radical (unpaired) electrons. The molecule has 1 amide bonds. The first-order valence-electron chi connectivity index (χ1n) is 8.71. The van der Waals surface area contributed by atoms with E-state index in [-0.39, 0.29) is 12.1 Å². The van der Waals surface area contributed by atoms with E-state index in [1.165, 1.54) is 0 Å². The van der Waals surface area contributed by atoms with Gasteiger partial charge in [-0.05, 0) is 38.0 Å². The summed E-state index contributed by atoms with van der Waals surface area (Å²) in [7, 11) is 0. The molecule has 132 valence electrons. The van der Waals surface area contributed by atoms with E-state index in [0.717, 1.165) is 23.2 Å². The molecule has 0 aromatic heterocycles. The topological polar surface area (TPSA) is 59.6 Å². The van der Waals surface area contributed by atoms with Gasteiger partial charge in [-0.1, -0.05) is 31.2 Å². The highest BCUT2D eigenvalue weighted by Crippen LogP contribution is 2.38. The van der Waals surface area contributed by atoms with Crippen LogP contribution >= 0.6 is 0 Å². The minimum Gasteiger partial charge on any atom is -0.490 e. The van der Waals surface area contributed by atoms with Crippen LogP contribution in [-0.2, 0) is 0 Å². The van der Waals surface area contributed by atoms with Crippen LogP contribution in [0, 0.1) is 6.92 Å². The molecular weight excluding hydrogens is 316 g/mol. The molecule has 3 rings (SSSR count). The number of ether oxygens (including phenoxy) is 2. The molecule has 0 fully saturated rings. The second-order valence-electron chi connectivity index (χ2n) is 6.00. The maximum atomic E-state index is 12.5. The maximum absolute atomic E-state index is 12.5. The zero-order chi connectivity index (χ0) is 17.8. The quantitative estimate of drug-likeness (QED) is 0.833. The average Bonchev–Trinajstić information content (AvgIpc) is 2.61. The van der Waals surface area contributed by atoms with Crippen molar-refractivity contribution in [1.82, 2.24) is 5.32 Å². The number of benzene rings is 2. The Morgan fingerprint density at radius 3 is 2.60 bits per heavy atom. The van der Waals surface area contributed by atoms with Crippen LogP contribution in [0.1, 0.15) is 47.9 Å². The van der Waals surface area contributed by atoms with Gasteiger partial charge in [0.05, 0.1) is 24.5 Å². The highest BCUT2D eigenvalue weighted by molar-refractivity contribution is 6.02. The van der Waals surface area contributed by atoms with Crippen molar-refractivity contribution in [2.45, 2.75) is 33.4 Å². The lowest BCUT2D eigenvalue weighted by atomic mass is 10.0. The normalized spacial score (nSPS) is 15.8. The first kappa shape index (κ1) is 17.1. The van der Waals surface area contributed by atoms with E-state index >= 15 is 0 Å². The standard InChI is InChI=1S/C20H24N2O3/c1-4-12-25-18-15(10-7-11-16(18)24-5-2)19-21-17-13(3)8-6-9-14(17)20(23)22-19/h6-11,19,21H,4-5,12H2,1-3H3,(H,22,23)/t19-/m0/s1. The highest BCUT2D eigenvalue weighted by Gasteiger charge is 2.28. The number of anilines is 1. The predicted octanol–water partition coefficient (Wildman–Crippen LogP) is 4.04. The maximum Gasteiger partial charge on any atom is 0.255 e. The lowest BCUT2D eigenvalue weighted by Gasteiger charge is -2.30. The number of para-hydroxylation sites is 2. The van der Waals surface area contributed by atoms with E-state index in [0.29, 0.717) is 30.3 Å². The van der Waals surface area contributed by atoms with Gasteiger partial charge in [0.1, 0.15) is 6.17 Å². The largest absolute Gasteiger partial charge is 0.490 e. The third kappa shape index (κ3) is 3.40. The van der Waals surface area contributed by atoms with Gasteiger partial charge in [0.2, 0.25) is 0 Å². The molecule has 5 nitrogen and oxygen atoms in total. The fourth-order valence-electron chi connectivity index (χ4n) is 2.98. The van der Waals surface area contributed by atoms with Gasteiger partial charge in [0.15, 0.2) is 11.5 Å². The second kappa shape index (κ2) is 7.47. The fraction of sp³-hybridized carbons (Fsp3) is 0.350. The Labute approximate surface area is 148 Å². The Balaban J connectivity index is 2.00. The molecule has 2 aromatic carbocycles. The van der Waals surface area contributed by atoms with E-state index in [1.807, 2.05) is 50.2 Å². The molecule has 0 saturated heterocycles. The van der Waals surface area contributed by atoms with Crippen molar-refractivity contribution in [2.75, 3.05) is 18.5 Å². The Hall–Kier alpha value is -2.69. The van der Waals surface area contributed by atoms with Gasteiger partial charge in [-0.25, -0.2) is 0 Å². The Kier molecular flexibility index (Phi) is 5.12. The number of carbonyl (C=O) groups is 1. The molecule has 5 heteroatoms. The molecule has 1 atom stereocenters. The van der Waals surface area contributed by atoms with Gasteiger partial charge < -0.3 is 20.1 Å². The Morgan fingerprint density at radius 2 is 1.84 bits per heavy atom. The molecule has 2 aromatic rings. The molecule has 0 saturated carbocycles. The molecular formula is C20H24N2O3. The fourth-order valence-corrected chi connectivity index (χ4v) is 2.98. The van der Waals surface area contributed by atoms with E-state index in [2.05, 4.69) is 17.6 Å². The number of carbonyl (C=O) groups excluding carboxylic acids is 1. The summed E-state index contributed by atoms with van der Waals surface area (Å²) in [6.45, 7) is 7.14. The third-order valence-electron chi connectivity index (χ3n) is 4.15. The van der Waals surface area contributed by atoms with Gasteiger partial charge in [-0.2, -0.15) is 0 Å². The van der Waals surface area contributed by atoms with Gasteiger partial charge in [0, 0.05) is 5.56 Å². The zero-order valence-electron chi connectivity index (χ0n) is 14.9. The molecule has 0 aliphatic carbocycles. The summed E-state index contributed by atoms with van der Waals surface area (Å²) in [6, 6.07) is 11.5. The van der Waals surface area contributed by atoms with Crippen LogP contribution in [-0.4, -0.2) is 19.1 Å². The molecule has 1 aliphatic rings. The second-order valence-corrected chi connectivity index (χ2v) is 6.00. The summed E-state index contributed by atoms with van der Waals surface area (Å²) in [5.74, 6) is 1.28. The molecule has 25 heavy (non-hydrogen) atoms. The van der Waals surface area contributed by atoms with Gasteiger partial charge in [0.25, 0.3) is 5.91 Å². The highest BCUT2D eigenvalue weighted by atomic mass is 16.5. The average molecular weight is 340 g/mol. The van der Waals surface area contributed by atoms with E-state index < -0.39 is 0 Å². The molecule has 1 aliphatic heterocycles. The summed E-state index contributed by atoms with van der Waals surface area (Å²) >= 11 is 0. The third-order valence-corrected chi connectivity index (χ3v) is 4.15. The minimum atomic E-state index is -0.367. The predicted molar refractivity (Wildman–Crippen MR) is 98.4 cm³/mol. The number of amides is 1. The van der Waals surface area contributed by atoms with Crippen LogP contribution in [0.2, 0.25) is 0 Å². The number of hydrogen-bond donors (Lipinski definition) is 2. The van der Waals surface area contributed by atoms with Crippen LogP contribution in [0.4, 0.5) is 5.69 Å². The van der Waals surface area contributed by atoms with Crippen molar-refractivity contribution >= 4 is 11.6 Å². The number of aryl methyl sites for hydroxylation is 1. The van der Waals surface area contributed by atoms with Crippen LogP contribution in [0.5, 0.6) is 11.5 Å². The number of nitrogens with one attached hydrogen (secondary N) is 2. The summed E-state index contributed by atoms with van der Waals surface area (Å²) in [5.41, 5.74) is 3.42. The van der Waals surface area contributed by atoms with Crippen molar-refractivity contribution in [3.8, 4) is 11.5 Å². The van der Waals surface area contributed by atoms with Crippen LogP contribution < -0.4 is 20.1 Å². The van der Waals surface area contributed by atoms with Gasteiger partial charge in [-0.3, -0.25) is 4.79 Å². The molecule has 1 heterocycles. The zero-order valence-corrected chi connectivity index (χ0v) is 14.9. The Morgan fingerprint density at radius 1 is 1.04 bits per heavy atom. The summed E-state index contributed by atoms with van der Waals surface area (Å²) in [6.07, 6.45) is 0.528. The molecule has 0 bridgehead atoms. The van der Waals surface area contributed by atoms with Crippen LogP contribution in [0.3, 0.4) is 0 Å². The van der Waals surface area contributed by atoms with Crippen molar-refractivity contribution in [1.29, 1.82) is 0 Å². The SMILES string of the molecule is CCCOc1c(OCC)cccc1[C@@H]1NC(=O)c2cccc(C)c2N1. The van der Waals surface area contributed by atoms with Crippen molar-refractivity contribution < 1.29 is 14.3 Å². The van der Waals surface area contributed by atoms with E-state index in [4.69, 9.17) is 9.47 Å². The van der Waals surface area contributed by atoms with Crippen LogP contribution in [0.15, 0.2) is 36.4 Å². The van der Waals surface area contributed by atoms with Crippen molar-refractivity contribution in [2.24, 2.45) is 0 Å². The number of hydrogen-bond acceptors (Lipinski definition) is 4. The van der Waals surface area contributed by atoms with E-state index in [1.54, 1.807) is 0 Å². The summed E-state index contributed by atoms with van der Waals surface area (Å²) < 4.78 is 11.7. The van der Waals surface area contributed by atoms with Crippen LogP contribution in [0.25, 0.3) is 0 Å².